The van der Waals surface area contributed by atoms with Gasteiger partial charge in [-0.2, -0.15) is 0 Å². The number of piperazine rings is 1. The quantitative estimate of drug-likeness (QED) is 0.869. The van der Waals surface area contributed by atoms with Gasteiger partial charge < -0.3 is 9.84 Å². The first-order chi connectivity index (χ1) is 10.2. The van der Waals surface area contributed by atoms with E-state index in [0.29, 0.717) is 12.1 Å². The minimum atomic E-state index is 0.260. The summed E-state index contributed by atoms with van der Waals surface area (Å²) in [7, 11) is 1.73. The Morgan fingerprint density at radius 2 is 2.05 bits per heavy atom. The van der Waals surface area contributed by atoms with Crippen LogP contribution in [0.5, 0.6) is 5.75 Å². The lowest BCUT2D eigenvalue weighted by molar-refractivity contribution is 0.0346. The Balaban J connectivity index is 2.02. The molecule has 1 aromatic rings. The lowest BCUT2D eigenvalue weighted by Crippen LogP contribution is -2.55. The highest BCUT2D eigenvalue weighted by molar-refractivity contribution is 5.33. The molecule has 1 saturated heterocycles. The van der Waals surface area contributed by atoms with Gasteiger partial charge >= 0.3 is 0 Å². The molecular weight excluding hydrogens is 264 g/mol. The summed E-state index contributed by atoms with van der Waals surface area (Å²) in [5, 5.41) is 9.31. The zero-order valence-electron chi connectivity index (χ0n) is 13.5. The van der Waals surface area contributed by atoms with E-state index in [4.69, 9.17) is 4.74 Å². The first-order valence-corrected chi connectivity index (χ1v) is 7.86. The molecule has 0 aromatic heterocycles. The fourth-order valence-corrected chi connectivity index (χ4v) is 3.24. The van der Waals surface area contributed by atoms with Gasteiger partial charge in [0.15, 0.2) is 0 Å². The number of methoxy groups -OCH3 is 1. The molecule has 0 bridgehead atoms. The minimum absolute atomic E-state index is 0.260. The largest absolute Gasteiger partial charge is 0.496 e. The molecule has 1 atom stereocenters. The molecule has 1 fully saturated rings. The third-order valence-corrected chi connectivity index (χ3v) is 4.32. The van der Waals surface area contributed by atoms with E-state index in [1.54, 1.807) is 7.11 Å². The highest BCUT2D eigenvalue weighted by Gasteiger charge is 2.28. The lowest BCUT2D eigenvalue weighted by Gasteiger charge is -2.43. The Labute approximate surface area is 128 Å². The van der Waals surface area contributed by atoms with Crippen LogP contribution in [-0.4, -0.2) is 60.3 Å². The number of benzene rings is 1. The number of ether oxygens (including phenoxy) is 1. The van der Waals surface area contributed by atoms with Gasteiger partial charge in [0.1, 0.15) is 5.75 Å². The smallest absolute Gasteiger partial charge is 0.123 e. The fourth-order valence-electron chi connectivity index (χ4n) is 3.24. The number of hydrogen-bond acceptors (Lipinski definition) is 4. The highest BCUT2D eigenvalue weighted by atomic mass is 16.5. The number of rotatable bonds is 6. The summed E-state index contributed by atoms with van der Waals surface area (Å²) < 4.78 is 5.44. The van der Waals surface area contributed by atoms with Crippen molar-refractivity contribution in [3.8, 4) is 5.75 Å². The van der Waals surface area contributed by atoms with E-state index in [1.807, 2.05) is 12.1 Å². The van der Waals surface area contributed by atoms with Gasteiger partial charge in [0.05, 0.1) is 7.11 Å². The number of hydrogen-bond donors (Lipinski definition) is 1. The van der Waals surface area contributed by atoms with E-state index in [1.165, 1.54) is 5.56 Å². The Kier molecular flexibility index (Phi) is 6.03. The van der Waals surface area contributed by atoms with Crippen molar-refractivity contribution in [2.75, 3.05) is 33.4 Å². The van der Waals surface area contributed by atoms with Gasteiger partial charge in [0.2, 0.25) is 0 Å². The first kappa shape index (κ1) is 16.3. The minimum Gasteiger partial charge on any atom is -0.496 e. The number of aliphatic hydroxyl groups is 1. The summed E-state index contributed by atoms with van der Waals surface area (Å²) in [6.07, 6.45) is 0.848. The van der Waals surface area contributed by atoms with Crippen molar-refractivity contribution in [2.45, 2.75) is 38.9 Å². The fraction of sp³-hybridized carbons (Fsp3) is 0.647. The molecule has 21 heavy (non-hydrogen) atoms. The SMILES string of the molecule is COc1ccccc1CN1CCN(C(C)C)[C@@H](CCO)C1. The molecule has 4 nitrogen and oxygen atoms in total. The number of aliphatic hydroxyl groups excluding tert-OH is 1. The molecule has 1 aliphatic heterocycles. The number of para-hydroxylation sites is 1. The summed E-state index contributed by atoms with van der Waals surface area (Å²) in [6.45, 7) is 8.79. The second-order valence-corrected chi connectivity index (χ2v) is 6.04. The molecule has 1 heterocycles. The van der Waals surface area contributed by atoms with E-state index in [-0.39, 0.29) is 6.61 Å². The summed E-state index contributed by atoms with van der Waals surface area (Å²) in [5.74, 6) is 0.961. The Hall–Kier alpha value is -1.10. The maximum Gasteiger partial charge on any atom is 0.123 e. The molecule has 0 saturated carbocycles. The van der Waals surface area contributed by atoms with Crippen LogP contribution in [0.4, 0.5) is 0 Å². The van der Waals surface area contributed by atoms with E-state index < -0.39 is 0 Å². The average Bonchev–Trinajstić information content (AvgIpc) is 2.48. The second kappa shape index (κ2) is 7.78. The predicted octanol–water partition coefficient (Wildman–Crippen LogP) is 1.97. The van der Waals surface area contributed by atoms with Gasteiger partial charge in [-0.3, -0.25) is 9.80 Å². The van der Waals surface area contributed by atoms with Crippen molar-refractivity contribution in [3.63, 3.8) is 0 Å². The van der Waals surface area contributed by atoms with E-state index in [0.717, 1.165) is 38.3 Å². The summed E-state index contributed by atoms with van der Waals surface area (Å²) in [5.41, 5.74) is 1.24. The Morgan fingerprint density at radius 1 is 1.29 bits per heavy atom. The maximum atomic E-state index is 9.31. The van der Waals surface area contributed by atoms with Crippen molar-refractivity contribution < 1.29 is 9.84 Å². The molecule has 4 heteroatoms. The van der Waals surface area contributed by atoms with E-state index in [9.17, 15) is 5.11 Å². The van der Waals surface area contributed by atoms with Gasteiger partial charge in [-0.05, 0) is 26.3 Å². The molecule has 0 amide bonds. The first-order valence-electron chi connectivity index (χ1n) is 7.86. The molecule has 1 aromatic carbocycles. The van der Waals surface area contributed by atoms with Crippen molar-refractivity contribution >= 4 is 0 Å². The normalized spacial score (nSPS) is 20.9. The van der Waals surface area contributed by atoms with Gasteiger partial charge in [0, 0.05) is 50.4 Å². The second-order valence-electron chi connectivity index (χ2n) is 6.04. The van der Waals surface area contributed by atoms with Gasteiger partial charge in [-0.25, -0.2) is 0 Å². The molecule has 118 valence electrons. The summed E-state index contributed by atoms with van der Waals surface area (Å²) in [4.78, 5) is 4.98. The zero-order chi connectivity index (χ0) is 15.2. The zero-order valence-corrected chi connectivity index (χ0v) is 13.5. The average molecular weight is 292 g/mol. The molecule has 0 spiro atoms. The molecule has 1 aliphatic rings. The standard InChI is InChI=1S/C17H28N2O2/c1-14(2)19-10-9-18(13-16(19)8-11-20)12-15-6-4-5-7-17(15)21-3/h4-7,14,16,20H,8-13H2,1-3H3/t16-/m0/s1. The maximum absolute atomic E-state index is 9.31. The molecule has 2 rings (SSSR count). The van der Waals surface area contributed by atoms with Crippen molar-refractivity contribution in [2.24, 2.45) is 0 Å². The molecule has 1 N–H and O–H groups in total. The third kappa shape index (κ3) is 4.19. The monoisotopic (exact) mass is 292 g/mol. The van der Waals surface area contributed by atoms with Crippen LogP contribution in [0, 0.1) is 0 Å². The third-order valence-electron chi connectivity index (χ3n) is 4.32. The Morgan fingerprint density at radius 3 is 2.71 bits per heavy atom. The molecule has 0 unspecified atom stereocenters. The lowest BCUT2D eigenvalue weighted by atomic mass is 10.1. The van der Waals surface area contributed by atoms with Gasteiger partial charge in [0.25, 0.3) is 0 Å². The van der Waals surface area contributed by atoms with Crippen molar-refractivity contribution in [3.05, 3.63) is 29.8 Å². The highest BCUT2D eigenvalue weighted by Crippen LogP contribution is 2.22. The molecule has 0 radical (unpaired) electrons. The van der Waals surface area contributed by atoms with Crippen LogP contribution in [0.2, 0.25) is 0 Å². The van der Waals surface area contributed by atoms with E-state index in [2.05, 4.69) is 35.8 Å². The Bertz CT molecular complexity index is 437. The van der Waals surface area contributed by atoms with Crippen LogP contribution in [0.3, 0.4) is 0 Å². The molecule has 0 aliphatic carbocycles. The van der Waals surface area contributed by atoms with Gasteiger partial charge in [-0.15, -0.1) is 0 Å². The van der Waals surface area contributed by atoms with Crippen molar-refractivity contribution in [1.29, 1.82) is 0 Å². The van der Waals surface area contributed by atoms with Gasteiger partial charge in [-0.1, -0.05) is 18.2 Å². The predicted molar refractivity (Wildman–Crippen MR) is 85.6 cm³/mol. The number of nitrogens with zero attached hydrogens (tertiary/aromatic N) is 2. The molecular formula is C17H28N2O2. The van der Waals surface area contributed by atoms with Crippen LogP contribution in [0.25, 0.3) is 0 Å². The van der Waals surface area contributed by atoms with Crippen LogP contribution in [0.15, 0.2) is 24.3 Å². The van der Waals surface area contributed by atoms with Crippen LogP contribution in [-0.2, 0) is 6.54 Å². The van der Waals surface area contributed by atoms with Crippen LogP contribution < -0.4 is 4.74 Å². The van der Waals surface area contributed by atoms with Crippen LogP contribution >= 0.6 is 0 Å². The summed E-state index contributed by atoms with van der Waals surface area (Å²) >= 11 is 0. The summed E-state index contributed by atoms with van der Waals surface area (Å²) in [6, 6.07) is 9.20. The van der Waals surface area contributed by atoms with Crippen LogP contribution in [0.1, 0.15) is 25.8 Å². The topological polar surface area (TPSA) is 35.9 Å². The van der Waals surface area contributed by atoms with Crippen molar-refractivity contribution in [1.82, 2.24) is 9.80 Å². The van der Waals surface area contributed by atoms with E-state index >= 15 is 0 Å².